The van der Waals surface area contributed by atoms with E-state index in [0.29, 0.717) is 24.9 Å². The second kappa shape index (κ2) is 6.52. The van der Waals surface area contributed by atoms with E-state index in [-0.39, 0.29) is 6.04 Å². The van der Waals surface area contributed by atoms with Crippen molar-refractivity contribution >= 4 is 10.2 Å². The van der Waals surface area contributed by atoms with Crippen LogP contribution in [0.5, 0.6) is 0 Å². The number of hydrogen-bond donors (Lipinski definition) is 2. The molecule has 2 rings (SSSR count). The molecule has 0 aromatic heterocycles. The van der Waals surface area contributed by atoms with Crippen molar-refractivity contribution in [1.29, 1.82) is 0 Å². The highest BCUT2D eigenvalue weighted by Gasteiger charge is 2.32. The molecular formula is C13H27N3O2S. The van der Waals surface area contributed by atoms with Gasteiger partial charge in [-0.3, -0.25) is 0 Å². The Morgan fingerprint density at radius 2 is 1.84 bits per heavy atom. The zero-order valence-electron chi connectivity index (χ0n) is 12.1. The van der Waals surface area contributed by atoms with E-state index in [1.807, 2.05) is 14.0 Å². The zero-order valence-corrected chi connectivity index (χ0v) is 12.9. The Bertz CT molecular complexity index is 373. The Kier molecular flexibility index (Phi) is 5.22. The molecule has 5 nitrogen and oxygen atoms in total. The molecule has 1 unspecified atom stereocenters. The van der Waals surface area contributed by atoms with Gasteiger partial charge < -0.3 is 5.32 Å². The number of hydrogen-bond acceptors (Lipinski definition) is 3. The highest BCUT2D eigenvalue weighted by atomic mass is 32.2. The minimum Gasteiger partial charge on any atom is -0.319 e. The molecule has 0 radical (unpaired) electrons. The van der Waals surface area contributed by atoms with E-state index >= 15 is 0 Å². The molecular weight excluding hydrogens is 262 g/mol. The van der Waals surface area contributed by atoms with Crippen molar-refractivity contribution in [2.75, 3.05) is 26.7 Å². The number of rotatable bonds is 6. The molecule has 19 heavy (non-hydrogen) atoms. The van der Waals surface area contributed by atoms with E-state index in [2.05, 4.69) is 10.0 Å². The molecule has 1 heterocycles. The summed E-state index contributed by atoms with van der Waals surface area (Å²) in [6.07, 6.45) is 5.48. The van der Waals surface area contributed by atoms with Crippen LogP contribution in [-0.4, -0.2) is 45.4 Å². The average Bonchev–Trinajstić information content (AvgIpc) is 2.27. The van der Waals surface area contributed by atoms with Crippen LogP contribution >= 0.6 is 0 Å². The van der Waals surface area contributed by atoms with Gasteiger partial charge in [-0.15, -0.1) is 0 Å². The molecule has 1 atom stereocenters. The van der Waals surface area contributed by atoms with Gasteiger partial charge in [0.05, 0.1) is 0 Å². The fraction of sp³-hybridized carbons (Fsp3) is 1.00. The van der Waals surface area contributed by atoms with Gasteiger partial charge in [0.1, 0.15) is 0 Å². The van der Waals surface area contributed by atoms with Crippen LogP contribution in [0.1, 0.15) is 39.0 Å². The summed E-state index contributed by atoms with van der Waals surface area (Å²) in [4.78, 5) is 0. The van der Waals surface area contributed by atoms with Gasteiger partial charge in [-0.05, 0) is 58.0 Å². The van der Waals surface area contributed by atoms with Crippen LogP contribution in [0.25, 0.3) is 0 Å². The molecule has 2 aliphatic rings. The molecule has 0 amide bonds. The Balaban J connectivity index is 1.83. The van der Waals surface area contributed by atoms with Gasteiger partial charge in [-0.2, -0.15) is 17.4 Å². The summed E-state index contributed by atoms with van der Waals surface area (Å²) in [7, 11) is -1.33. The second-order valence-electron chi connectivity index (χ2n) is 6.00. The molecule has 1 saturated carbocycles. The van der Waals surface area contributed by atoms with Gasteiger partial charge in [0, 0.05) is 19.1 Å². The van der Waals surface area contributed by atoms with Gasteiger partial charge in [0.15, 0.2) is 0 Å². The number of nitrogens with zero attached hydrogens (tertiary/aromatic N) is 1. The Hall–Kier alpha value is -0.170. The first kappa shape index (κ1) is 15.2. The van der Waals surface area contributed by atoms with Crippen LogP contribution in [0.15, 0.2) is 0 Å². The van der Waals surface area contributed by atoms with E-state index < -0.39 is 10.2 Å². The van der Waals surface area contributed by atoms with E-state index in [1.165, 1.54) is 6.42 Å². The van der Waals surface area contributed by atoms with E-state index in [0.717, 1.165) is 32.2 Å². The fourth-order valence-electron chi connectivity index (χ4n) is 2.99. The zero-order chi connectivity index (χ0) is 13.9. The summed E-state index contributed by atoms with van der Waals surface area (Å²) >= 11 is 0. The SMILES string of the molecule is CNCC1CCN(S(=O)(=O)NC(C)C2CCC2)CC1. The first-order valence-electron chi connectivity index (χ1n) is 7.45. The molecule has 0 bridgehead atoms. The number of piperidine rings is 1. The molecule has 0 aromatic carbocycles. The largest absolute Gasteiger partial charge is 0.319 e. The van der Waals surface area contributed by atoms with E-state index in [1.54, 1.807) is 4.31 Å². The highest BCUT2D eigenvalue weighted by Crippen LogP contribution is 2.30. The third-order valence-electron chi connectivity index (χ3n) is 4.60. The van der Waals surface area contributed by atoms with Crippen molar-refractivity contribution in [2.45, 2.75) is 45.1 Å². The van der Waals surface area contributed by atoms with Crippen LogP contribution in [-0.2, 0) is 10.2 Å². The van der Waals surface area contributed by atoms with Crippen molar-refractivity contribution in [1.82, 2.24) is 14.3 Å². The molecule has 112 valence electrons. The third-order valence-corrected chi connectivity index (χ3v) is 6.31. The molecule has 2 fully saturated rings. The lowest BCUT2D eigenvalue weighted by atomic mass is 9.81. The molecule has 0 aromatic rings. The van der Waals surface area contributed by atoms with Crippen molar-refractivity contribution < 1.29 is 8.42 Å². The number of nitrogens with one attached hydrogen (secondary N) is 2. The molecule has 1 aliphatic heterocycles. The van der Waals surface area contributed by atoms with Crippen molar-refractivity contribution in [2.24, 2.45) is 11.8 Å². The van der Waals surface area contributed by atoms with Crippen LogP contribution in [0.3, 0.4) is 0 Å². The normalized spacial score (nSPS) is 25.2. The van der Waals surface area contributed by atoms with Gasteiger partial charge in [0.25, 0.3) is 10.2 Å². The van der Waals surface area contributed by atoms with Crippen LogP contribution in [0, 0.1) is 11.8 Å². The van der Waals surface area contributed by atoms with E-state index in [4.69, 9.17) is 0 Å². The lowest BCUT2D eigenvalue weighted by Crippen LogP contribution is -2.50. The van der Waals surface area contributed by atoms with Gasteiger partial charge in [-0.1, -0.05) is 6.42 Å². The molecule has 2 N–H and O–H groups in total. The minimum atomic E-state index is -3.28. The summed E-state index contributed by atoms with van der Waals surface area (Å²) in [5.41, 5.74) is 0. The van der Waals surface area contributed by atoms with Gasteiger partial charge in [0.2, 0.25) is 0 Å². The van der Waals surface area contributed by atoms with Gasteiger partial charge in [-0.25, -0.2) is 0 Å². The second-order valence-corrected chi connectivity index (χ2v) is 7.70. The third kappa shape index (κ3) is 3.90. The molecule has 1 saturated heterocycles. The average molecular weight is 289 g/mol. The molecule has 1 aliphatic carbocycles. The van der Waals surface area contributed by atoms with E-state index in [9.17, 15) is 8.42 Å². The maximum atomic E-state index is 12.3. The monoisotopic (exact) mass is 289 g/mol. The summed E-state index contributed by atoms with van der Waals surface area (Å²) < 4.78 is 29.1. The van der Waals surface area contributed by atoms with Crippen LogP contribution < -0.4 is 10.0 Å². The topological polar surface area (TPSA) is 61.4 Å². The Morgan fingerprint density at radius 1 is 1.21 bits per heavy atom. The summed E-state index contributed by atoms with van der Waals surface area (Å²) in [5.74, 6) is 1.15. The smallest absolute Gasteiger partial charge is 0.279 e. The molecule has 0 spiro atoms. The maximum Gasteiger partial charge on any atom is 0.279 e. The minimum absolute atomic E-state index is 0.0776. The highest BCUT2D eigenvalue weighted by molar-refractivity contribution is 7.87. The summed E-state index contributed by atoms with van der Waals surface area (Å²) in [6, 6.07) is 0.0776. The first-order chi connectivity index (χ1) is 9.03. The maximum absolute atomic E-state index is 12.3. The first-order valence-corrected chi connectivity index (χ1v) is 8.89. The van der Waals surface area contributed by atoms with Crippen molar-refractivity contribution in [3.8, 4) is 0 Å². The predicted molar refractivity (Wildman–Crippen MR) is 77.1 cm³/mol. The summed E-state index contributed by atoms with van der Waals surface area (Å²) in [5, 5.41) is 3.17. The standard InChI is InChI=1S/C13H27N3O2S/c1-11(13-4-3-5-13)15-19(17,18)16-8-6-12(7-9-16)10-14-2/h11-15H,3-10H2,1-2H3. The van der Waals surface area contributed by atoms with Crippen molar-refractivity contribution in [3.63, 3.8) is 0 Å². The Labute approximate surface area is 117 Å². The predicted octanol–water partition coefficient (Wildman–Crippen LogP) is 0.941. The lowest BCUT2D eigenvalue weighted by Gasteiger charge is -2.35. The summed E-state index contributed by atoms with van der Waals surface area (Å²) in [6.45, 7) is 4.28. The molecule has 6 heteroatoms. The Morgan fingerprint density at radius 3 is 2.32 bits per heavy atom. The quantitative estimate of drug-likeness (QED) is 0.765. The van der Waals surface area contributed by atoms with Crippen LogP contribution in [0.2, 0.25) is 0 Å². The van der Waals surface area contributed by atoms with Gasteiger partial charge >= 0.3 is 0 Å². The lowest BCUT2D eigenvalue weighted by molar-refractivity contribution is 0.244. The van der Waals surface area contributed by atoms with Crippen LogP contribution in [0.4, 0.5) is 0 Å². The fourth-order valence-corrected chi connectivity index (χ4v) is 4.49. The van der Waals surface area contributed by atoms with Crippen molar-refractivity contribution in [3.05, 3.63) is 0 Å².